The van der Waals surface area contributed by atoms with E-state index in [2.05, 4.69) is 36.9 Å². The molecule has 1 aliphatic heterocycles. The molecule has 5 nitrogen and oxygen atoms in total. The minimum atomic E-state index is 0.0190. The van der Waals surface area contributed by atoms with E-state index in [0.717, 1.165) is 24.4 Å². The van der Waals surface area contributed by atoms with Crippen LogP contribution in [0.5, 0.6) is 11.5 Å². The second kappa shape index (κ2) is 8.83. The predicted octanol–water partition coefficient (Wildman–Crippen LogP) is 3.68. The zero-order valence-electron chi connectivity index (χ0n) is 17.1. The Bertz CT molecular complexity index is 868. The molecule has 1 saturated heterocycles. The summed E-state index contributed by atoms with van der Waals surface area (Å²) in [6.45, 7) is 7.40. The van der Waals surface area contributed by atoms with Gasteiger partial charge in [-0.1, -0.05) is 12.1 Å². The first-order valence-corrected chi connectivity index (χ1v) is 9.53. The number of nitrogens with zero attached hydrogens (tertiary/aromatic N) is 2. The van der Waals surface area contributed by atoms with Gasteiger partial charge in [-0.3, -0.25) is 4.79 Å². The summed E-state index contributed by atoms with van der Waals surface area (Å²) in [5.74, 6) is 1.46. The van der Waals surface area contributed by atoms with Crippen molar-refractivity contribution in [2.24, 2.45) is 0 Å². The number of hydrogen-bond donors (Lipinski definition) is 0. The number of amides is 1. The lowest BCUT2D eigenvalue weighted by Gasteiger charge is -2.36. The molecule has 148 valence electrons. The Morgan fingerprint density at radius 2 is 1.75 bits per heavy atom. The van der Waals surface area contributed by atoms with Crippen LogP contribution in [-0.4, -0.2) is 51.2 Å². The van der Waals surface area contributed by atoms with Gasteiger partial charge in [0.05, 0.1) is 14.2 Å². The fourth-order valence-electron chi connectivity index (χ4n) is 3.48. The molecule has 0 aliphatic carbocycles. The third kappa shape index (κ3) is 4.30. The van der Waals surface area contributed by atoms with Crippen LogP contribution >= 0.6 is 0 Å². The average molecular weight is 380 g/mol. The summed E-state index contributed by atoms with van der Waals surface area (Å²) in [4.78, 5) is 16.9. The van der Waals surface area contributed by atoms with Gasteiger partial charge in [-0.25, -0.2) is 0 Å². The molecular formula is C23H28N2O3. The molecule has 1 heterocycles. The van der Waals surface area contributed by atoms with Gasteiger partial charge in [-0.15, -0.1) is 0 Å². The van der Waals surface area contributed by atoms with Crippen molar-refractivity contribution in [3.8, 4) is 11.5 Å². The number of anilines is 1. The average Bonchev–Trinajstić information content (AvgIpc) is 2.73. The summed E-state index contributed by atoms with van der Waals surface area (Å²) in [5.41, 5.74) is 4.70. The first-order chi connectivity index (χ1) is 13.5. The van der Waals surface area contributed by atoms with E-state index in [4.69, 9.17) is 9.47 Å². The molecule has 0 aromatic heterocycles. The van der Waals surface area contributed by atoms with Crippen molar-refractivity contribution < 1.29 is 14.3 Å². The lowest BCUT2D eigenvalue weighted by Crippen LogP contribution is -2.48. The summed E-state index contributed by atoms with van der Waals surface area (Å²) in [7, 11) is 3.24. The molecule has 0 saturated carbocycles. The molecule has 2 aromatic carbocycles. The lowest BCUT2D eigenvalue weighted by molar-refractivity contribution is -0.126. The quantitative estimate of drug-likeness (QED) is 0.742. The van der Waals surface area contributed by atoms with Crippen molar-refractivity contribution in [3.63, 3.8) is 0 Å². The van der Waals surface area contributed by atoms with E-state index in [-0.39, 0.29) is 5.91 Å². The molecule has 2 aromatic rings. The molecule has 1 amide bonds. The molecule has 3 rings (SSSR count). The first-order valence-electron chi connectivity index (χ1n) is 9.53. The highest BCUT2D eigenvalue weighted by Crippen LogP contribution is 2.26. The molecule has 0 unspecified atom stereocenters. The number of piperazine rings is 1. The fourth-order valence-corrected chi connectivity index (χ4v) is 3.48. The molecule has 0 bridgehead atoms. The maximum atomic E-state index is 12.6. The van der Waals surface area contributed by atoms with Gasteiger partial charge in [0, 0.05) is 43.5 Å². The van der Waals surface area contributed by atoms with E-state index < -0.39 is 0 Å². The topological polar surface area (TPSA) is 42.0 Å². The van der Waals surface area contributed by atoms with E-state index in [0.29, 0.717) is 18.8 Å². The molecule has 1 fully saturated rings. The maximum Gasteiger partial charge on any atom is 0.246 e. The second-order valence-electron chi connectivity index (χ2n) is 6.97. The van der Waals surface area contributed by atoms with Gasteiger partial charge in [-0.05, 0) is 55.3 Å². The zero-order chi connectivity index (χ0) is 20.1. The van der Waals surface area contributed by atoms with Crippen molar-refractivity contribution in [2.45, 2.75) is 13.8 Å². The summed E-state index contributed by atoms with van der Waals surface area (Å²) >= 11 is 0. The minimum absolute atomic E-state index is 0.0190. The number of carbonyl (C=O) groups excluding carboxylic acids is 1. The molecule has 0 spiro atoms. The SMILES string of the molecule is COc1ccc(OC)c(C=CC(=O)N2CCN(c3cccc(C)c3C)CC2)c1. The second-order valence-corrected chi connectivity index (χ2v) is 6.97. The van der Waals surface area contributed by atoms with Gasteiger partial charge in [-0.2, -0.15) is 0 Å². The van der Waals surface area contributed by atoms with Crippen molar-refractivity contribution in [3.05, 3.63) is 59.2 Å². The Balaban J connectivity index is 1.64. The van der Waals surface area contributed by atoms with Gasteiger partial charge < -0.3 is 19.3 Å². The van der Waals surface area contributed by atoms with Crippen LogP contribution in [-0.2, 0) is 4.79 Å². The smallest absolute Gasteiger partial charge is 0.246 e. The summed E-state index contributed by atoms with van der Waals surface area (Å²) in [6.07, 6.45) is 3.41. The normalized spacial score (nSPS) is 14.4. The Hall–Kier alpha value is -2.95. The van der Waals surface area contributed by atoms with Crippen molar-refractivity contribution in [1.29, 1.82) is 0 Å². The number of carbonyl (C=O) groups is 1. The molecule has 28 heavy (non-hydrogen) atoms. The van der Waals surface area contributed by atoms with E-state index >= 15 is 0 Å². The minimum Gasteiger partial charge on any atom is -0.497 e. The van der Waals surface area contributed by atoms with Gasteiger partial charge in [0.25, 0.3) is 0 Å². The Kier molecular flexibility index (Phi) is 6.24. The van der Waals surface area contributed by atoms with Crippen molar-refractivity contribution in [1.82, 2.24) is 4.90 Å². The number of aryl methyl sites for hydroxylation is 1. The van der Waals surface area contributed by atoms with Gasteiger partial charge in [0.2, 0.25) is 5.91 Å². The van der Waals surface area contributed by atoms with E-state index in [1.165, 1.54) is 16.8 Å². The van der Waals surface area contributed by atoms with Crippen LogP contribution in [0.3, 0.4) is 0 Å². The van der Waals surface area contributed by atoms with Crippen LogP contribution in [0.2, 0.25) is 0 Å². The summed E-state index contributed by atoms with van der Waals surface area (Å²) < 4.78 is 10.6. The first kappa shape index (κ1) is 19.8. The number of methoxy groups -OCH3 is 2. The maximum absolute atomic E-state index is 12.6. The summed E-state index contributed by atoms with van der Waals surface area (Å²) in [6, 6.07) is 11.9. The van der Waals surface area contributed by atoms with Crippen molar-refractivity contribution >= 4 is 17.7 Å². The highest BCUT2D eigenvalue weighted by molar-refractivity contribution is 5.92. The third-order valence-electron chi connectivity index (χ3n) is 5.35. The molecule has 0 atom stereocenters. The molecule has 1 aliphatic rings. The Labute approximate surface area is 167 Å². The highest BCUT2D eigenvalue weighted by atomic mass is 16.5. The van der Waals surface area contributed by atoms with Crippen LogP contribution in [0.1, 0.15) is 16.7 Å². The van der Waals surface area contributed by atoms with Crippen LogP contribution in [0, 0.1) is 13.8 Å². The Morgan fingerprint density at radius 3 is 2.43 bits per heavy atom. The zero-order valence-corrected chi connectivity index (χ0v) is 17.1. The number of benzene rings is 2. The van der Waals surface area contributed by atoms with E-state index in [9.17, 15) is 4.79 Å². The van der Waals surface area contributed by atoms with Gasteiger partial charge in [0.15, 0.2) is 0 Å². The predicted molar refractivity (Wildman–Crippen MR) is 113 cm³/mol. The van der Waals surface area contributed by atoms with Crippen LogP contribution in [0.25, 0.3) is 6.08 Å². The number of rotatable bonds is 5. The monoisotopic (exact) mass is 380 g/mol. The molecule has 0 radical (unpaired) electrons. The molecule has 5 heteroatoms. The van der Waals surface area contributed by atoms with Gasteiger partial charge >= 0.3 is 0 Å². The van der Waals surface area contributed by atoms with Crippen molar-refractivity contribution in [2.75, 3.05) is 45.3 Å². The van der Waals surface area contributed by atoms with E-state index in [1.807, 2.05) is 23.1 Å². The molecular weight excluding hydrogens is 352 g/mol. The van der Waals surface area contributed by atoms with Crippen LogP contribution < -0.4 is 14.4 Å². The standard InChI is InChI=1S/C23H28N2O3/c1-17-6-5-7-21(18(17)2)24-12-14-25(15-13-24)23(26)11-8-19-16-20(27-3)9-10-22(19)28-4/h5-11,16H,12-15H2,1-4H3. The van der Waals surface area contributed by atoms with Crippen LogP contribution in [0.4, 0.5) is 5.69 Å². The van der Waals surface area contributed by atoms with Crippen LogP contribution in [0.15, 0.2) is 42.5 Å². The van der Waals surface area contributed by atoms with Gasteiger partial charge in [0.1, 0.15) is 11.5 Å². The largest absolute Gasteiger partial charge is 0.497 e. The fraction of sp³-hybridized carbons (Fsp3) is 0.348. The van der Waals surface area contributed by atoms with E-state index in [1.54, 1.807) is 26.4 Å². The third-order valence-corrected chi connectivity index (χ3v) is 5.35. The lowest BCUT2D eigenvalue weighted by atomic mass is 10.1. The Morgan fingerprint density at radius 1 is 1.00 bits per heavy atom. The number of ether oxygens (including phenoxy) is 2. The number of hydrogen-bond acceptors (Lipinski definition) is 4. The highest BCUT2D eigenvalue weighted by Gasteiger charge is 2.21. The summed E-state index contributed by atoms with van der Waals surface area (Å²) in [5, 5.41) is 0. The molecule has 0 N–H and O–H groups in total.